The van der Waals surface area contributed by atoms with Gasteiger partial charge in [-0.3, -0.25) is 9.59 Å². The molecule has 5 nitrogen and oxygen atoms in total. The molecule has 0 aliphatic carbocycles. The number of rotatable bonds is 6. The van der Waals surface area contributed by atoms with E-state index in [1.54, 1.807) is 37.4 Å². The van der Waals surface area contributed by atoms with Crippen molar-refractivity contribution in [3.8, 4) is 5.75 Å². The quantitative estimate of drug-likeness (QED) is 0.680. The lowest BCUT2D eigenvalue weighted by Crippen LogP contribution is -2.23. The third-order valence-corrected chi connectivity index (χ3v) is 4.34. The fraction of sp³-hybridized carbons (Fsp3) is 0.130. The van der Waals surface area contributed by atoms with Crippen LogP contribution in [0.2, 0.25) is 0 Å². The number of methoxy groups -OCH3 is 1. The first-order chi connectivity index (χ1) is 13.6. The second kappa shape index (κ2) is 8.86. The maximum absolute atomic E-state index is 12.4. The summed E-state index contributed by atoms with van der Waals surface area (Å²) in [5.74, 6) is 0.285. The Morgan fingerprint density at radius 3 is 2.36 bits per heavy atom. The molecule has 0 bridgehead atoms. The van der Waals surface area contributed by atoms with Crippen LogP contribution >= 0.6 is 0 Å². The van der Waals surface area contributed by atoms with Crippen LogP contribution in [0.25, 0.3) is 0 Å². The van der Waals surface area contributed by atoms with Crippen molar-refractivity contribution in [2.75, 3.05) is 12.4 Å². The van der Waals surface area contributed by atoms with Crippen molar-refractivity contribution in [3.05, 3.63) is 95.1 Å². The molecule has 3 aromatic carbocycles. The molecule has 0 radical (unpaired) electrons. The van der Waals surface area contributed by atoms with Crippen LogP contribution < -0.4 is 15.4 Å². The number of aryl methyl sites for hydroxylation is 1. The minimum absolute atomic E-state index is 0.192. The summed E-state index contributed by atoms with van der Waals surface area (Å²) in [4.78, 5) is 24.8. The molecule has 142 valence electrons. The van der Waals surface area contributed by atoms with E-state index in [-0.39, 0.29) is 11.8 Å². The Bertz CT molecular complexity index is 984. The number of carbonyl (C=O) groups excluding carboxylic acids is 2. The molecular formula is C23H22N2O3. The number of para-hydroxylation sites is 1. The van der Waals surface area contributed by atoms with E-state index in [0.29, 0.717) is 23.4 Å². The number of hydrogen-bond acceptors (Lipinski definition) is 3. The normalized spacial score (nSPS) is 10.2. The smallest absolute Gasteiger partial charge is 0.255 e. The van der Waals surface area contributed by atoms with Crippen molar-refractivity contribution in [3.63, 3.8) is 0 Å². The largest absolute Gasteiger partial charge is 0.496 e. The summed E-state index contributed by atoms with van der Waals surface area (Å²) in [5.41, 5.74) is 3.61. The van der Waals surface area contributed by atoms with Gasteiger partial charge in [-0.15, -0.1) is 0 Å². The molecule has 0 aliphatic rings. The Morgan fingerprint density at radius 1 is 0.857 bits per heavy atom. The molecule has 0 fully saturated rings. The predicted octanol–water partition coefficient (Wildman–Crippen LogP) is 4.19. The van der Waals surface area contributed by atoms with Gasteiger partial charge in [0.2, 0.25) is 0 Å². The molecule has 0 aromatic heterocycles. The third kappa shape index (κ3) is 4.76. The Morgan fingerprint density at radius 2 is 1.61 bits per heavy atom. The van der Waals surface area contributed by atoms with Crippen LogP contribution in [0.3, 0.4) is 0 Å². The first-order valence-electron chi connectivity index (χ1n) is 8.95. The van der Waals surface area contributed by atoms with Crippen LogP contribution in [0, 0.1) is 6.92 Å². The molecule has 3 rings (SSSR count). The number of amides is 2. The van der Waals surface area contributed by atoms with Crippen LogP contribution in [-0.2, 0) is 6.54 Å². The van der Waals surface area contributed by atoms with Gasteiger partial charge in [0.15, 0.2) is 0 Å². The highest BCUT2D eigenvalue weighted by Crippen LogP contribution is 2.19. The van der Waals surface area contributed by atoms with E-state index >= 15 is 0 Å². The number of benzene rings is 3. The second-order valence-electron chi connectivity index (χ2n) is 6.39. The van der Waals surface area contributed by atoms with Gasteiger partial charge < -0.3 is 15.4 Å². The second-order valence-corrected chi connectivity index (χ2v) is 6.39. The average Bonchev–Trinajstić information content (AvgIpc) is 2.73. The zero-order valence-electron chi connectivity index (χ0n) is 15.9. The van der Waals surface area contributed by atoms with Gasteiger partial charge in [-0.25, -0.2) is 0 Å². The highest BCUT2D eigenvalue weighted by molar-refractivity contribution is 6.04. The number of ether oxygens (including phenoxy) is 1. The maximum Gasteiger partial charge on any atom is 0.255 e. The lowest BCUT2D eigenvalue weighted by molar-refractivity contribution is 0.0950. The topological polar surface area (TPSA) is 67.4 Å². The van der Waals surface area contributed by atoms with Crippen molar-refractivity contribution in [2.45, 2.75) is 13.5 Å². The van der Waals surface area contributed by atoms with Gasteiger partial charge in [-0.05, 0) is 54.4 Å². The summed E-state index contributed by atoms with van der Waals surface area (Å²) in [5, 5.41) is 5.73. The summed E-state index contributed by atoms with van der Waals surface area (Å²) >= 11 is 0. The van der Waals surface area contributed by atoms with Gasteiger partial charge >= 0.3 is 0 Å². The van der Waals surface area contributed by atoms with Crippen molar-refractivity contribution < 1.29 is 14.3 Å². The predicted molar refractivity (Wildman–Crippen MR) is 110 cm³/mol. The molecule has 2 N–H and O–H groups in total. The summed E-state index contributed by atoms with van der Waals surface area (Å²) in [6.07, 6.45) is 0. The molecule has 0 atom stereocenters. The van der Waals surface area contributed by atoms with E-state index < -0.39 is 0 Å². The lowest BCUT2D eigenvalue weighted by atomic mass is 10.1. The lowest BCUT2D eigenvalue weighted by Gasteiger charge is -2.10. The molecule has 0 saturated carbocycles. The minimum Gasteiger partial charge on any atom is -0.496 e. The van der Waals surface area contributed by atoms with Crippen molar-refractivity contribution in [1.82, 2.24) is 5.32 Å². The number of carbonyl (C=O) groups is 2. The van der Waals surface area contributed by atoms with Gasteiger partial charge in [0.25, 0.3) is 11.8 Å². The van der Waals surface area contributed by atoms with E-state index in [9.17, 15) is 9.59 Å². The standard InChI is InChI=1S/C23H22N2O3/c1-16-11-12-19(14-21(16)28-2)22(26)24-15-17-7-6-8-18(13-17)23(27)25-20-9-4-3-5-10-20/h3-14H,15H2,1-2H3,(H,24,26)(H,25,27). The highest BCUT2D eigenvalue weighted by Gasteiger charge is 2.10. The van der Waals surface area contributed by atoms with E-state index in [4.69, 9.17) is 4.74 Å². The molecule has 3 aromatic rings. The Labute approximate surface area is 164 Å². The molecule has 0 aliphatic heterocycles. The van der Waals surface area contributed by atoms with Gasteiger partial charge in [0, 0.05) is 23.4 Å². The first-order valence-corrected chi connectivity index (χ1v) is 8.95. The number of nitrogens with one attached hydrogen (secondary N) is 2. The average molecular weight is 374 g/mol. The zero-order valence-corrected chi connectivity index (χ0v) is 15.9. The molecule has 0 heterocycles. The fourth-order valence-electron chi connectivity index (χ4n) is 2.79. The fourth-order valence-corrected chi connectivity index (χ4v) is 2.79. The summed E-state index contributed by atoms with van der Waals surface area (Å²) in [6, 6.07) is 21.8. The Balaban J connectivity index is 1.64. The summed E-state index contributed by atoms with van der Waals surface area (Å²) in [6.45, 7) is 2.24. The van der Waals surface area contributed by atoms with Crippen molar-refractivity contribution >= 4 is 17.5 Å². The van der Waals surface area contributed by atoms with Crippen LogP contribution in [0.5, 0.6) is 5.75 Å². The van der Waals surface area contributed by atoms with Crippen LogP contribution in [0.15, 0.2) is 72.8 Å². The van der Waals surface area contributed by atoms with Gasteiger partial charge in [0.1, 0.15) is 5.75 Å². The molecule has 0 unspecified atom stereocenters. The molecule has 5 heteroatoms. The molecule has 2 amide bonds. The highest BCUT2D eigenvalue weighted by atomic mass is 16.5. The molecule has 0 saturated heterocycles. The number of anilines is 1. The third-order valence-electron chi connectivity index (χ3n) is 4.34. The van der Waals surface area contributed by atoms with E-state index in [1.807, 2.05) is 49.4 Å². The monoisotopic (exact) mass is 374 g/mol. The Hall–Kier alpha value is -3.60. The molecule has 0 spiro atoms. The molecule has 28 heavy (non-hydrogen) atoms. The van der Waals surface area contributed by atoms with Crippen molar-refractivity contribution in [2.24, 2.45) is 0 Å². The van der Waals surface area contributed by atoms with E-state index in [0.717, 1.165) is 16.8 Å². The van der Waals surface area contributed by atoms with Gasteiger partial charge in [0.05, 0.1) is 7.11 Å². The summed E-state index contributed by atoms with van der Waals surface area (Å²) in [7, 11) is 1.58. The van der Waals surface area contributed by atoms with Crippen LogP contribution in [0.1, 0.15) is 31.8 Å². The first kappa shape index (κ1) is 19.2. The van der Waals surface area contributed by atoms with Gasteiger partial charge in [-0.1, -0.05) is 36.4 Å². The maximum atomic E-state index is 12.4. The number of hydrogen-bond donors (Lipinski definition) is 2. The molecular weight excluding hydrogens is 352 g/mol. The van der Waals surface area contributed by atoms with Crippen molar-refractivity contribution in [1.29, 1.82) is 0 Å². The van der Waals surface area contributed by atoms with E-state index in [1.165, 1.54) is 0 Å². The van der Waals surface area contributed by atoms with Crippen LogP contribution in [0.4, 0.5) is 5.69 Å². The Kier molecular flexibility index (Phi) is 6.07. The summed E-state index contributed by atoms with van der Waals surface area (Å²) < 4.78 is 5.27. The van der Waals surface area contributed by atoms with Gasteiger partial charge in [-0.2, -0.15) is 0 Å². The van der Waals surface area contributed by atoms with E-state index in [2.05, 4.69) is 10.6 Å². The van der Waals surface area contributed by atoms with Crippen LogP contribution in [-0.4, -0.2) is 18.9 Å². The minimum atomic E-state index is -0.197. The zero-order chi connectivity index (χ0) is 19.9. The SMILES string of the molecule is COc1cc(C(=O)NCc2cccc(C(=O)Nc3ccccc3)c2)ccc1C.